The van der Waals surface area contributed by atoms with E-state index in [1.807, 2.05) is 38.2 Å². The Morgan fingerprint density at radius 3 is 1.19 bits per heavy atom. The number of rotatable bonds is 4. The number of ketones is 2. The highest BCUT2D eigenvalue weighted by molar-refractivity contribution is 6.29. The van der Waals surface area contributed by atoms with Gasteiger partial charge < -0.3 is 0 Å². The Morgan fingerprint density at radius 2 is 0.923 bits per heavy atom. The summed E-state index contributed by atoms with van der Waals surface area (Å²) in [7, 11) is 0. The lowest BCUT2D eigenvalue weighted by atomic mass is 9.80. The summed E-state index contributed by atoms with van der Waals surface area (Å²) in [6, 6.07) is 7.08. The standard InChI is InChI=1S/C24H20O2/c1-5-9-17-13-21-19(11-15(17)7-3)23(25)20-12-16(8-4)18(10-6-2)14-22(20)24(21)26/h5-14H,3-4H2,1-2H3/b9-5-,10-6-. The first-order chi connectivity index (χ1) is 12.5. The predicted molar refractivity (Wildman–Crippen MR) is 109 cm³/mol. The van der Waals surface area contributed by atoms with Gasteiger partial charge in [-0.3, -0.25) is 9.59 Å². The van der Waals surface area contributed by atoms with Crippen molar-refractivity contribution in [2.24, 2.45) is 0 Å². The fraction of sp³-hybridized carbons (Fsp3) is 0.0833. The molecule has 0 aliphatic heterocycles. The maximum Gasteiger partial charge on any atom is 0.194 e. The lowest BCUT2D eigenvalue weighted by Gasteiger charge is -2.20. The van der Waals surface area contributed by atoms with Crippen molar-refractivity contribution in [2.75, 3.05) is 0 Å². The van der Waals surface area contributed by atoms with Gasteiger partial charge in [0.15, 0.2) is 11.6 Å². The molecule has 2 nitrogen and oxygen atoms in total. The monoisotopic (exact) mass is 340 g/mol. The summed E-state index contributed by atoms with van der Waals surface area (Å²) in [6.45, 7) is 11.5. The Hall–Kier alpha value is -3.26. The molecule has 3 rings (SSSR count). The van der Waals surface area contributed by atoms with Gasteiger partial charge in [-0.25, -0.2) is 0 Å². The van der Waals surface area contributed by atoms with Gasteiger partial charge in [-0.15, -0.1) is 0 Å². The smallest absolute Gasteiger partial charge is 0.194 e. The summed E-state index contributed by atoms with van der Waals surface area (Å²) in [4.78, 5) is 26.2. The van der Waals surface area contributed by atoms with E-state index in [0.29, 0.717) is 22.3 Å². The second-order valence-electron chi connectivity index (χ2n) is 6.12. The fourth-order valence-corrected chi connectivity index (χ4v) is 3.31. The van der Waals surface area contributed by atoms with Gasteiger partial charge in [-0.2, -0.15) is 0 Å². The first-order valence-corrected chi connectivity index (χ1v) is 8.51. The Balaban J connectivity index is 2.30. The van der Waals surface area contributed by atoms with Crippen molar-refractivity contribution < 1.29 is 9.59 Å². The minimum absolute atomic E-state index is 0.127. The Kier molecular flexibility index (Phi) is 4.68. The molecule has 0 bridgehead atoms. The van der Waals surface area contributed by atoms with E-state index >= 15 is 0 Å². The largest absolute Gasteiger partial charge is 0.289 e. The quantitative estimate of drug-likeness (QED) is 0.600. The van der Waals surface area contributed by atoms with E-state index in [1.54, 1.807) is 36.4 Å². The Labute approximate surface area is 153 Å². The molecule has 0 unspecified atom stereocenters. The molecule has 1 aliphatic rings. The molecule has 26 heavy (non-hydrogen) atoms. The van der Waals surface area contributed by atoms with Crippen molar-refractivity contribution in [1.29, 1.82) is 0 Å². The number of benzene rings is 2. The molecular formula is C24H20O2. The van der Waals surface area contributed by atoms with Gasteiger partial charge >= 0.3 is 0 Å². The second-order valence-corrected chi connectivity index (χ2v) is 6.12. The van der Waals surface area contributed by atoms with E-state index in [1.165, 1.54) is 0 Å². The molecule has 0 heterocycles. The van der Waals surface area contributed by atoms with Crippen LogP contribution in [0, 0.1) is 0 Å². The number of fused-ring (bicyclic) bond motifs is 2. The topological polar surface area (TPSA) is 34.1 Å². The summed E-state index contributed by atoms with van der Waals surface area (Å²) in [5.41, 5.74) is 5.17. The average Bonchev–Trinajstić information content (AvgIpc) is 2.66. The van der Waals surface area contributed by atoms with Crippen LogP contribution in [-0.4, -0.2) is 11.6 Å². The first-order valence-electron chi connectivity index (χ1n) is 8.51. The van der Waals surface area contributed by atoms with Crippen molar-refractivity contribution in [1.82, 2.24) is 0 Å². The van der Waals surface area contributed by atoms with E-state index in [9.17, 15) is 9.59 Å². The highest BCUT2D eigenvalue weighted by atomic mass is 16.1. The maximum absolute atomic E-state index is 13.1. The number of carbonyl (C=O) groups excluding carboxylic acids is 2. The van der Waals surface area contributed by atoms with Crippen LogP contribution in [0.15, 0.2) is 49.6 Å². The van der Waals surface area contributed by atoms with Crippen LogP contribution in [-0.2, 0) is 0 Å². The van der Waals surface area contributed by atoms with Gasteiger partial charge in [-0.1, -0.05) is 49.6 Å². The summed E-state index contributed by atoms with van der Waals surface area (Å²) < 4.78 is 0. The van der Waals surface area contributed by atoms with Crippen molar-refractivity contribution in [3.05, 3.63) is 94.1 Å². The number of carbonyl (C=O) groups is 2. The van der Waals surface area contributed by atoms with Crippen LogP contribution in [0.4, 0.5) is 0 Å². The summed E-state index contributed by atoms with van der Waals surface area (Å²) in [5, 5.41) is 0. The molecule has 0 saturated carbocycles. The van der Waals surface area contributed by atoms with Gasteiger partial charge in [0.25, 0.3) is 0 Å². The molecule has 2 aromatic rings. The first kappa shape index (κ1) is 17.6. The SMILES string of the molecule is C=Cc1cc2c(cc1/C=C\C)C(=O)c1cc(/C=C\C)c(C=C)cc1C2=O. The highest BCUT2D eigenvalue weighted by Crippen LogP contribution is 2.32. The van der Waals surface area contributed by atoms with Crippen molar-refractivity contribution in [3.8, 4) is 0 Å². The number of hydrogen-bond acceptors (Lipinski definition) is 2. The van der Waals surface area contributed by atoms with Gasteiger partial charge in [0, 0.05) is 22.3 Å². The summed E-state index contributed by atoms with van der Waals surface area (Å²) in [5.74, 6) is -0.266. The minimum atomic E-state index is -0.139. The third-order valence-electron chi connectivity index (χ3n) is 4.56. The molecular weight excluding hydrogens is 320 g/mol. The molecule has 2 heteroatoms. The molecule has 2 aromatic carbocycles. The Bertz CT molecular complexity index is 937. The lowest BCUT2D eigenvalue weighted by molar-refractivity contribution is 0.0979. The molecule has 0 radical (unpaired) electrons. The van der Waals surface area contributed by atoms with Crippen LogP contribution in [0.25, 0.3) is 24.3 Å². The van der Waals surface area contributed by atoms with E-state index in [4.69, 9.17) is 0 Å². The zero-order chi connectivity index (χ0) is 18.8. The molecule has 0 spiro atoms. The van der Waals surface area contributed by atoms with Gasteiger partial charge in [0.2, 0.25) is 0 Å². The molecule has 0 amide bonds. The fourth-order valence-electron chi connectivity index (χ4n) is 3.31. The zero-order valence-electron chi connectivity index (χ0n) is 15.0. The maximum atomic E-state index is 13.1. The van der Waals surface area contributed by atoms with Crippen LogP contribution >= 0.6 is 0 Å². The second kappa shape index (κ2) is 6.93. The van der Waals surface area contributed by atoms with E-state index in [2.05, 4.69) is 13.2 Å². The van der Waals surface area contributed by atoms with Crippen molar-refractivity contribution in [3.63, 3.8) is 0 Å². The van der Waals surface area contributed by atoms with Crippen LogP contribution in [0.1, 0.15) is 67.9 Å². The molecule has 128 valence electrons. The van der Waals surface area contributed by atoms with Crippen molar-refractivity contribution >= 4 is 35.9 Å². The Morgan fingerprint density at radius 1 is 0.615 bits per heavy atom. The van der Waals surface area contributed by atoms with Crippen LogP contribution < -0.4 is 0 Å². The average molecular weight is 340 g/mol. The van der Waals surface area contributed by atoms with Gasteiger partial charge in [-0.05, 0) is 60.4 Å². The van der Waals surface area contributed by atoms with Crippen LogP contribution in [0.5, 0.6) is 0 Å². The minimum Gasteiger partial charge on any atom is -0.289 e. The molecule has 0 fully saturated rings. The molecule has 0 saturated heterocycles. The summed E-state index contributed by atoms with van der Waals surface area (Å²) >= 11 is 0. The number of allylic oxidation sites excluding steroid dienone is 2. The third-order valence-corrected chi connectivity index (χ3v) is 4.56. The molecule has 0 N–H and O–H groups in total. The third kappa shape index (κ3) is 2.70. The molecule has 1 aliphatic carbocycles. The zero-order valence-corrected chi connectivity index (χ0v) is 15.0. The van der Waals surface area contributed by atoms with E-state index in [-0.39, 0.29) is 11.6 Å². The van der Waals surface area contributed by atoms with Crippen molar-refractivity contribution in [2.45, 2.75) is 13.8 Å². The summed E-state index contributed by atoms with van der Waals surface area (Å²) in [6.07, 6.45) is 11.0. The molecule has 0 atom stereocenters. The number of hydrogen-bond donors (Lipinski definition) is 0. The van der Waals surface area contributed by atoms with E-state index in [0.717, 1.165) is 22.3 Å². The van der Waals surface area contributed by atoms with E-state index < -0.39 is 0 Å². The lowest BCUT2D eigenvalue weighted by Crippen LogP contribution is -2.22. The van der Waals surface area contributed by atoms with Gasteiger partial charge in [0.1, 0.15) is 0 Å². The van der Waals surface area contributed by atoms with Gasteiger partial charge in [0.05, 0.1) is 0 Å². The highest BCUT2D eigenvalue weighted by Gasteiger charge is 2.31. The normalized spacial score (nSPS) is 13.2. The molecule has 0 aromatic heterocycles. The predicted octanol–water partition coefficient (Wildman–Crippen LogP) is 5.81. The van der Waals surface area contributed by atoms with Crippen LogP contribution in [0.2, 0.25) is 0 Å². The van der Waals surface area contributed by atoms with Crippen LogP contribution in [0.3, 0.4) is 0 Å².